The number of thiophene rings is 1. The maximum absolute atomic E-state index is 11.9. The summed E-state index contributed by atoms with van der Waals surface area (Å²) in [6.45, 7) is 4.51. The van der Waals surface area contributed by atoms with Gasteiger partial charge in [-0.25, -0.2) is 0 Å². The smallest absolute Gasteiger partial charge is 0.303 e. The second kappa shape index (κ2) is 7.40. The molecule has 112 valence electrons. The first-order chi connectivity index (χ1) is 9.32. The Morgan fingerprint density at radius 2 is 2.15 bits per heavy atom. The second-order valence-corrected chi connectivity index (χ2v) is 6.57. The van der Waals surface area contributed by atoms with Crippen molar-refractivity contribution in [3.05, 3.63) is 22.4 Å². The van der Waals surface area contributed by atoms with Crippen molar-refractivity contribution in [2.24, 2.45) is 11.1 Å². The lowest BCUT2D eigenvalue weighted by molar-refractivity contribution is -0.137. The number of amides is 1. The number of hydrogen-bond acceptors (Lipinski definition) is 4. The van der Waals surface area contributed by atoms with Crippen LogP contribution in [0, 0.1) is 5.41 Å². The molecule has 0 saturated heterocycles. The Balaban J connectivity index is 2.32. The van der Waals surface area contributed by atoms with Crippen molar-refractivity contribution in [3.63, 3.8) is 0 Å². The van der Waals surface area contributed by atoms with E-state index in [1.165, 1.54) is 11.3 Å². The van der Waals surface area contributed by atoms with Gasteiger partial charge in [-0.2, -0.15) is 0 Å². The molecule has 1 heterocycles. The first kappa shape index (κ1) is 16.7. The third-order valence-electron chi connectivity index (χ3n) is 3.25. The highest BCUT2D eigenvalue weighted by molar-refractivity contribution is 7.10. The van der Waals surface area contributed by atoms with Gasteiger partial charge in [0.05, 0.1) is 0 Å². The van der Waals surface area contributed by atoms with Crippen molar-refractivity contribution in [2.75, 3.05) is 6.54 Å². The van der Waals surface area contributed by atoms with Gasteiger partial charge in [-0.05, 0) is 29.7 Å². The maximum Gasteiger partial charge on any atom is 0.303 e. The van der Waals surface area contributed by atoms with Gasteiger partial charge in [-0.15, -0.1) is 11.3 Å². The fourth-order valence-electron chi connectivity index (χ4n) is 1.80. The van der Waals surface area contributed by atoms with Crippen molar-refractivity contribution in [1.82, 2.24) is 5.32 Å². The van der Waals surface area contributed by atoms with Crippen LogP contribution >= 0.6 is 11.3 Å². The Kier molecular flexibility index (Phi) is 6.16. The van der Waals surface area contributed by atoms with Crippen LogP contribution in [0.4, 0.5) is 0 Å². The van der Waals surface area contributed by atoms with Crippen LogP contribution in [0.2, 0.25) is 0 Å². The Morgan fingerprint density at radius 3 is 2.70 bits per heavy atom. The molecule has 1 atom stereocenters. The highest BCUT2D eigenvalue weighted by Crippen LogP contribution is 2.26. The van der Waals surface area contributed by atoms with Crippen LogP contribution in [0.15, 0.2) is 17.5 Å². The van der Waals surface area contributed by atoms with E-state index in [4.69, 9.17) is 10.8 Å². The number of nitrogens with one attached hydrogen (secondary N) is 1. The van der Waals surface area contributed by atoms with Gasteiger partial charge in [0, 0.05) is 17.8 Å². The highest BCUT2D eigenvalue weighted by atomic mass is 32.1. The van der Waals surface area contributed by atoms with Crippen molar-refractivity contribution < 1.29 is 14.7 Å². The quantitative estimate of drug-likeness (QED) is 0.685. The molecule has 0 bridgehead atoms. The summed E-state index contributed by atoms with van der Waals surface area (Å²) >= 11 is 1.46. The van der Waals surface area contributed by atoms with Crippen LogP contribution in [0.5, 0.6) is 0 Å². The van der Waals surface area contributed by atoms with Gasteiger partial charge in [0.1, 0.15) is 6.04 Å². The van der Waals surface area contributed by atoms with Gasteiger partial charge in [0.15, 0.2) is 0 Å². The molecule has 0 aromatic carbocycles. The van der Waals surface area contributed by atoms with Crippen molar-refractivity contribution >= 4 is 23.2 Å². The summed E-state index contributed by atoms with van der Waals surface area (Å²) in [5.74, 6) is -0.983. The minimum Gasteiger partial charge on any atom is -0.481 e. The van der Waals surface area contributed by atoms with Crippen molar-refractivity contribution in [2.45, 2.75) is 39.2 Å². The van der Waals surface area contributed by atoms with E-state index in [0.717, 1.165) is 11.3 Å². The number of rotatable bonds is 8. The Labute approximate surface area is 123 Å². The van der Waals surface area contributed by atoms with E-state index in [0.29, 0.717) is 13.0 Å². The molecule has 20 heavy (non-hydrogen) atoms. The molecule has 0 spiro atoms. The Morgan fingerprint density at radius 1 is 1.45 bits per heavy atom. The van der Waals surface area contributed by atoms with Crippen LogP contribution < -0.4 is 11.1 Å². The molecular weight excluding hydrogens is 276 g/mol. The second-order valence-electron chi connectivity index (χ2n) is 5.59. The predicted molar refractivity (Wildman–Crippen MR) is 79.5 cm³/mol. The highest BCUT2D eigenvalue weighted by Gasteiger charge is 2.21. The third-order valence-corrected chi connectivity index (χ3v) is 4.20. The first-order valence-corrected chi connectivity index (χ1v) is 7.48. The molecule has 4 N–H and O–H groups in total. The van der Waals surface area contributed by atoms with Crippen LogP contribution in [-0.2, 0) is 9.59 Å². The normalized spacial score (nSPS) is 12.9. The monoisotopic (exact) mass is 298 g/mol. The number of carbonyl (C=O) groups is 2. The van der Waals surface area contributed by atoms with E-state index >= 15 is 0 Å². The zero-order valence-corrected chi connectivity index (χ0v) is 12.7. The van der Waals surface area contributed by atoms with E-state index < -0.39 is 12.0 Å². The summed E-state index contributed by atoms with van der Waals surface area (Å²) in [6.07, 6.45) is 1.47. The summed E-state index contributed by atoms with van der Waals surface area (Å²) in [6, 6.07) is 3.07. The molecule has 1 aromatic rings. The molecule has 5 nitrogen and oxygen atoms in total. The molecule has 0 aliphatic heterocycles. The molecule has 1 rings (SSSR count). The SMILES string of the molecule is CC(C)(CCNC(=O)C(N)c1cccs1)CCC(=O)O. The van der Waals surface area contributed by atoms with Gasteiger partial charge >= 0.3 is 5.97 Å². The fraction of sp³-hybridized carbons (Fsp3) is 0.571. The molecule has 0 radical (unpaired) electrons. The van der Waals surface area contributed by atoms with Gasteiger partial charge in [0.25, 0.3) is 0 Å². The number of carbonyl (C=O) groups excluding carboxylic acids is 1. The standard InChI is InChI=1S/C14H22N2O3S/c1-14(2,6-5-11(17)18)7-8-16-13(19)12(15)10-4-3-9-20-10/h3-4,9,12H,5-8,15H2,1-2H3,(H,16,19)(H,17,18). The summed E-state index contributed by atoms with van der Waals surface area (Å²) < 4.78 is 0. The van der Waals surface area contributed by atoms with Crippen LogP contribution in [0.25, 0.3) is 0 Å². The molecule has 1 unspecified atom stereocenters. The number of carboxylic acid groups (broad SMARTS) is 1. The Hall–Kier alpha value is -1.40. The number of carboxylic acids is 1. The van der Waals surface area contributed by atoms with E-state index in [-0.39, 0.29) is 17.7 Å². The molecule has 6 heteroatoms. The molecule has 0 saturated carbocycles. The number of hydrogen-bond donors (Lipinski definition) is 3. The topological polar surface area (TPSA) is 92.4 Å². The van der Waals surface area contributed by atoms with Crippen LogP contribution in [0.1, 0.15) is 44.0 Å². The maximum atomic E-state index is 11.9. The molecule has 1 aromatic heterocycles. The van der Waals surface area contributed by atoms with Crippen LogP contribution in [0.3, 0.4) is 0 Å². The summed E-state index contributed by atoms with van der Waals surface area (Å²) in [7, 11) is 0. The zero-order valence-electron chi connectivity index (χ0n) is 11.9. The van der Waals surface area contributed by atoms with Crippen molar-refractivity contribution in [1.29, 1.82) is 0 Å². The largest absolute Gasteiger partial charge is 0.481 e. The summed E-state index contributed by atoms with van der Waals surface area (Å²) in [5.41, 5.74) is 5.74. The van der Waals surface area contributed by atoms with E-state index in [9.17, 15) is 9.59 Å². The van der Waals surface area contributed by atoms with Gasteiger partial charge < -0.3 is 16.2 Å². The average molecular weight is 298 g/mol. The molecule has 0 aliphatic carbocycles. The first-order valence-electron chi connectivity index (χ1n) is 6.60. The molecule has 0 fully saturated rings. The van der Waals surface area contributed by atoms with E-state index in [1.807, 2.05) is 31.4 Å². The molecular formula is C14H22N2O3S. The minimum atomic E-state index is -0.790. The number of nitrogens with two attached hydrogens (primary N) is 1. The molecule has 0 aliphatic rings. The lowest BCUT2D eigenvalue weighted by atomic mass is 9.84. The minimum absolute atomic E-state index is 0.112. The fourth-order valence-corrected chi connectivity index (χ4v) is 2.53. The number of aliphatic carboxylic acids is 1. The molecule has 1 amide bonds. The lowest BCUT2D eigenvalue weighted by Crippen LogP contribution is -2.35. The zero-order chi connectivity index (χ0) is 15.2. The van der Waals surface area contributed by atoms with E-state index in [1.54, 1.807) is 0 Å². The van der Waals surface area contributed by atoms with Crippen molar-refractivity contribution in [3.8, 4) is 0 Å². The predicted octanol–water partition coefficient (Wildman–Crippen LogP) is 2.15. The Bertz CT molecular complexity index is 443. The van der Waals surface area contributed by atoms with E-state index in [2.05, 4.69) is 5.32 Å². The summed E-state index contributed by atoms with van der Waals surface area (Å²) in [5, 5.41) is 13.4. The van der Waals surface area contributed by atoms with Gasteiger partial charge in [-0.3, -0.25) is 9.59 Å². The van der Waals surface area contributed by atoms with Crippen LogP contribution in [-0.4, -0.2) is 23.5 Å². The third kappa shape index (κ3) is 5.71. The van der Waals surface area contributed by atoms with Gasteiger partial charge in [0.2, 0.25) is 5.91 Å². The lowest BCUT2D eigenvalue weighted by Gasteiger charge is -2.24. The average Bonchev–Trinajstić information content (AvgIpc) is 2.89. The van der Waals surface area contributed by atoms with Gasteiger partial charge in [-0.1, -0.05) is 19.9 Å². The summed E-state index contributed by atoms with van der Waals surface area (Å²) in [4.78, 5) is 23.3.